The molecule has 0 aromatic heterocycles. The van der Waals surface area contributed by atoms with Crippen LogP contribution in [0.15, 0.2) is 0 Å². The SMILES string of the molecule is N#CCN1CCCC(CCCCN2CCCC2)C1. The fraction of sp³-hybridized carbons (Fsp3) is 0.933. The van der Waals surface area contributed by atoms with Gasteiger partial charge in [0.05, 0.1) is 12.6 Å². The van der Waals surface area contributed by atoms with E-state index in [0.29, 0.717) is 6.54 Å². The van der Waals surface area contributed by atoms with Crippen molar-refractivity contribution in [3.63, 3.8) is 0 Å². The second-order valence-electron chi connectivity index (χ2n) is 5.95. The van der Waals surface area contributed by atoms with Gasteiger partial charge in [0.2, 0.25) is 0 Å². The van der Waals surface area contributed by atoms with Gasteiger partial charge in [-0.2, -0.15) is 5.26 Å². The summed E-state index contributed by atoms with van der Waals surface area (Å²) < 4.78 is 0. The Morgan fingerprint density at radius 2 is 1.78 bits per heavy atom. The Labute approximate surface area is 112 Å². The van der Waals surface area contributed by atoms with E-state index in [0.717, 1.165) is 19.0 Å². The van der Waals surface area contributed by atoms with Gasteiger partial charge in [-0.15, -0.1) is 0 Å². The summed E-state index contributed by atoms with van der Waals surface area (Å²) in [6, 6.07) is 2.28. The van der Waals surface area contributed by atoms with Crippen LogP contribution in [0.3, 0.4) is 0 Å². The zero-order chi connectivity index (χ0) is 12.6. The third kappa shape index (κ3) is 4.59. The van der Waals surface area contributed by atoms with Gasteiger partial charge in [0.1, 0.15) is 0 Å². The van der Waals surface area contributed by atoms with Gasteiger partial charge in [0.15, 0.2) is 0 Å². The van der Waals surface area contributed by atoms with Crippen LogP contribution in [0, 0.1) is 17.2 Å². The molecule has 3 nitrogen and oxygen atoms in total. The third-order valence-electron chi connectivity index (χ3n) is 4.43. The van der Waals surface area contributed by atoms with Gasteiger partial charge in [0, 0.05) is 6.54 Å². The van der Waals surface area contributed by atoms with Crippen molar-refractivity contribution in [2.45, 2.75) is 44.9 Å². The fourth-order valence-electron chi connectivity index (χ4n) is 3.41. The first-order chi connectivity index (χ1) is 8.88. The minimum atomic E-state index is 0.629. The Bertz CT molecular complexity index is 265. The molecule has 2 aliphatic heterocycles. The van der Waals surface area contributed by atoms with Gasteiger partial charge in [-0.25, -0.2) is 0 Å². The average molecular weight is 249 g/mol. The van der Waals surface area contributed by atoms with Gasteiger partial charge in [-0.1, -0.05) is 6.42 Å². The average Bonchev–Trinajstić information content (AvgIpc) is 2.89. The largest absolute Gasteiger partial charge is 0.303 e. The van der Waals surface area contributed by atoms with E-state index in [1.807, 2.05) is 0 Å². The fourth-order valence-corrected chi connectivity index (χ4v) is 3.41. The lowest BCUT2D eigenvalue weighted by Crippen LogP contribution is -2.35. The summed E-state index contributed by atoms with van der Waals surface area (Å²) in [6.07, 6.45) is 9.60. The van der Waals surface area contributed by atoms with Gasteiger partial charge in [-0.3, -0.25) is 4.90 Å². The quantitative estimate of drug-likeness (QED) is 0.535. The highest BCUT2D eigenvalue weighted by molar-refractivity contribution is 4.81. The highest BCUT2D eigenvalue weighted by Gasteiger charge is 2.19. The molecule has 0 aromatic carbocycles. The summed E-state index contributed by atoms with van der Waals surface area (Å²) in [6.45, 7) is 6.91. The van der Waals surface area contributed by atoms with Crippen LogP contribution < -0.4 is 0 Å². The zero-order valence-electron chi connectivity index (χ0n) is 11.6. The highest BCUT2D eigenvalue weighted by atomic mass is 15.1. The lowest BCUT2D eigenvalue weighted by Gasteiger charge is -2.31. The number of nitrogens with zero attached hydrogens (tertiary/aromatic N) is 3. The van der Waals surface area contributed by atoms with Gasteiger partial charge in [-0.05, 0) is 70.6 Å². The molecule has 0 bridgehead atoms. The van der Waals surface area contributed by atoms with E-state index in [2.05, 4.69) is 15.9 Å². The first kappa shape index (κ1) is 13.8. The number of rotatable bonds is 6. The van der Waals surface area contributed by atoms with Crippen LogP contribution in [-0.2, 0) is 0 Å². The molecule has 0 saturated carbocycles. The van der Waals surface area contributed by atoms with Crippen LogP contribution in [0.5, 0.6) is 0 Å². The number of piperidine rings is 1. The van der Waals surface area contributed by atoms with Crippen molar-refractivity contribution in [1.82, 2.24) is 9.80 Å². The molecular formula is C15H27N3. The highest BCUT2D eigenvalue weighted by Crippen LogP contribution is 2.21. The topological polar surface area (TPSA) is 30.3 Å². The summed E-state index contributed by atoms with van der Waals surface area (Å²) >= 11 is 0. The van der Waals surface area contributed by atoms with E-state index in [4.69, 9.17) is 5.26 Å². The Kier molecular flexibility index (Phi) is 5.96. The molecule has 2 rings (SSSR count). The second-order valence-corrected chi connectivity index (χ2v) is 5.95. The predicted octanol–water partition coefficient (Wildman–Crippen LogP) is 2.49. The van der Waals surface area contributed by atoms with E-state index < -0.39 is 0 Å². The smallest absolute Gasteiger partial charge is 0.0866 e. The number of nitriles is 1. The van der Waals surface area contributed by atoms with Gasteiger partial charge >= 0.3 is 0 Å². The lowest BCUT2D eigenvalue weighted by molar-refractivity contribution is 0.182. The first-order valence-electron chi connectivity index (χ1n) is 7.70. The van der Waals surface area contributed by atoms with Crippen LogP contribution in [0.25, 0.3) is 0 Å². The molecule has 2 heterocycles. The maximum absolute atomic E-state index is 8.74. The monoisotopic (exact) mass is 249 g/mol. The van der Waals surface area contributed by atoms with E-state index in [-0.39, 0.29) is 0 Å². The summed E-state index contributed by atoms with van der Waals surface area (Å²) in [5.74, 6) is 0.852. The Morgan fingerprint density at radius 3 is 2.56 bits per heavy atom. The molecule has 18 heavy (non-hydrogen) atoms. The molecule has 0 amide bonds. The molecule has 2 fully saturated rings. The summed E-state index contributed by atoms with van der Waals surface area (Å²) in [5.41, 5.74) is 0. The number of hydrogen-bond donors (Lipinski definition) is 0. The predicted molar refractivity (Wildman–Crippen MR) is 74.3 cm³/mol. The van der Waals surface area contributed by atoms with Crippen molar-refractivity contribution in [2.24, 2.45) is 5.92 Å². The molecule has 0 aliphatic carbocycles. The van der Waals surface area contributed by atoms with Crippen molar-refractivity contribution in [1.29, 1.82) is 5.26 Å². The van der Waals surface area contributed by atoms with E-state index in [9.17, 15) is 0 Å². The molecule has 0 radical (unpaired) electrons. The molecule has 2 saturated heterocycles. The van der Waals surface area contributed by atoms with Crippen molar-refractivity contribution >= 4 is 0 Å². The van der Waals surface area contributed by atoms with Gasteiger partial charge < -0.3 is 4.90 Å². The Morgan fingerprint density at radius 1 is 1.00 bits per heavy atom. The molecule has 0 aromatic rings. The third-order valence-corrected chi connectivity index (χ3v) is 4.43. The van der Waals surface area contributed by atoms with Crippen LogP contribution in [-0.4, -0.2) is 49.1 Å². The summed E-state index contributed by atoms with van der Waals surface area (Å²) in [4.78, 5) is 4.94. The minimum Gasteiger partial charge on any atom is -0.303 e. The Hall–Kier alpha value is -0.590. The molecule has 0 spiro atoms. The molecular weight excluding hydrogens is 222 g/mol. The molecule has 0 N–H and O–H groups in total. The summed E-state index contributed by atoms with van der Waals surface area (Å²) in [5, 5.41) is 8.74. The number of likely N-dealkylation sites (tertiary alicyclic amines) is 2. The number of unbranched alkanes of at least 4 members (excludes halogenated alkanes) is 1. The molecule has 2 aliphatic rings. The molecule has 1 atom stereocenters. The zero-order valence-corrected chi connectivity index (χ0v) is 11.6. The van der Waals surface area contributed by atoms with Crippen LogP contribution in [0.4, 0.5) is 0 Å². The lowest BCUT2D eigenvalue weighted by atomic mass is 9.93. The maximum atomic E-state index is 8.74. The van der Waals surface area contributed by atoms with Crippen molar-refractivity contribution in [3.05, 3.63) is 0 Å². The Balaban J connectivity index is 1.54. The second kappa shape index (κ2) is 7.76. The van der Waals surface area contributed by atoms with Crippen molar-refractivity contribution < 1.29 is 0 Å². The van der Waals surface area contributed by atoms with Crippen LogP contribution in [0.2, 0.25) is 0 Å². The van der Waals surface area contributed by atoms with Crippen LogP contribution >= 0.6 is 0 Å². The van der Waals surface area contributed by atoms with Gasteiger partial charge in [0.25, 0.3) is 0 Å². The van der Waals surface area contributed by atoms with Crippen molar-refractivity contribution in [2.75, 3.05) is 39.3 Å². The van der Waals surface area contributed by atoms with E-state index >= 15 is 0 Å². The number of hydrogen-bond acceptors (Lipinski definition) is 3. The van der Waals surface area contributed by atoms with Crippen molar-refractivity contribution in [3.8, 4) is 6.07 Å². The van der Waals surface area contributed by atoms with Crippen LogP contribution in [0.1, 0.15) is 44.9 Å². The molecule has 1 unspecified atom stereocenters. The normalized spacial score (nSPS) is 26.3. The molecule has 102 valence electrons. The summed E-state index contributed by atoms with van der Waals surface area (Å²) in [7, 11) is 0. The molecule has 3 heteroatoms. The van der Waals surface area contributed by atoms with E-state index in [1.165, 1.54) is 64.6 Å². The minimum absolute atomic E-state index is 0.629. The first-order valence-corrected chi connectivity index (χ1v) is 7.70. The van der Waals surface area contributed by atoms with E-state index in [1.54, 1.807) is 0 Å². The maximum Gasteiger partial charge on any atom is 0.0866 e. The standard InChI is InChI=1S/C15H27N3/c16-8-13-18-12-5-7-15(14-18)6-1-2-9-17-10-3-4-11-17/h15H,1-7,9-14H2.